The van der Waals surface area contributed by atoms with Gasteiger partial charge in [0.15, 0.2) is 0 Å². The third kappa shape index (κ3) is 2.53. The fraction of sp³-hybridized carbons (Fsp3) is 0.538. The summed E-state index contributed by atoms with van der Waals surface area (Å²) in [5, 5.41) is 3.16. The van der Waals surface area contributed by atoms with Gasteiger partial charge in [-0.05, 0) is 25.1 Å². The molecule has 0 heterocycles. The van der Waals surface area contributed by atoms with Crippen molar-refractivity contribution in [2.45, 2.75) is 26.3 Å². The van der Waals surface area contributed by atoms with Crippen molar-refractivity contribution in [2.24, 2.45) is 5.92 Å². The first-order valence-electron chi connectivity index (χ1n) is 5.65. The van der Waals surface area contributed by atoms with E-state index in [1.54, 1.807) is 19.2 Å². The zero-order valence-corrected chi connectivity index (χ0v) is 10.4. The Bertz CT molecular complexity index is 341. The van der Waals surface area contributed by atoms with E-state index in [-0.39, 0.29) is 11.9 Å². The van der Waals surface area contributed by atoms with E-state index in [0.29, 0.717) is 17.2 Å². The average molecular weight is 225 g/mol. The molecule has 0 fully saturated rings. The summed E-state index contributed by atoms with van der Waals surface area (Å²) < 4.78 is 19.1. The Hall–Kier alpha value is -1.09. The predicted molar refractivity (Wildman–Crippen MR) is 64.2 cm³/mol. The Morgan fingerprint density at radius 3 is 2.62 bits per heavy atom. The monoisotopic (exact) mass is 225 g/mol. The van der Waals surface area contributed by atoms with Crippen LogP contribution in [-0.2, 0) is 0 Å². The van der Waals surface area contributed by atoms with Crippen LogP contribution in [0.5, 0.6) is 5.75 Å². The van der Waals surface area contributed by atoms with Gasteiger partial charge in [-0.2, -0.15) is 0 Å². The third-order valence-corrected chi connectivity index (χ3v) is 3.07. The van der Waals surface area contributed by atoms with Gasteiger partial charge < -0.3 is 10.1 Å². The maximum atomic E-state index is 13.9. The lowest BCUT2D eigenvalue weighted by Gasteiger charge is -2.25. The summed E-state index contributed by atoms with van der Waals surface area (Å²) in [5.41, 5.74) is 0.627. The topological polar surface area (TPSA) is 21.3 Å². The highest BCUT2D eigenvalue weighted by Gasteiger charge is 2.23. The van der Waals surface area contributed by atoms with Crippen molar-refractivity contribution in [1.29, 1.82) is 0 Å². The number of benzene rings is 1. The molecule has 0 spiro atoms. The SMILES string of the molecule is CCC(C)C(NC)c1c(F)cccc1OC. The van der Waals surface area contributed by atoms with Gasteiger partial charge in [0.25, 0.3) is 0 Å². The minimum atomic E-state index is -0.209. The van der Waals surface area contributed by atoms with Crippen molar-refractivity contribution in [3.05, 3.63) is 29.6 Å². The largest absolute Gasteiger partial charge is 0.496 e. The van der Waals surface area contributed by atoms with E-state index in [2.05, 4.69) is 19.2 Å². The maximum Gasteiger partial charge on any atom is 0.131 e. The Morgan fingerprint density at radius 2 is 2.12 bits per heavy atom. The van der Waals surface area contributed by atoms with Crippen LogP contribution in [-0.4, -0.2) is 14.2 Å². The van der Waals surface area contributed by atoms with Crippen molar-refractivity contribution >= 4 is 0 Å². The molecule has 3 heteroatoms. The number of ether oxygens (including phenoxy) is 1. The lowest BCUT2D eigenvalue weighted by molar-refractivity contribution is 0.353. The van der Waals surface area contributed by atoms with E-state index in [1.807, 2.05) is 7.05 Å². The van der Waals surface area contributed by atoms with Crippen LogP contribution in [0.25, 0.3) is 0 Å². The molecule has 0 saturated carbocycles. The summed E-state index contributed by atoms with van der Waals surface area (Å²) in [7, 11) is 3.42. The van der Waals surface area contributed by atoms with Crippen LogP contribution in [0.2, 0.25) is 0 Å². The van der Waals surface area contributed by atoms with Gasteiger partial charge in [0, 0.05) is 11.6 Å². The van der Waals surface area contributed by atoms with E-state index in [1.165, 1.54) is 6.07 Å². The number of hydrogen-bond acceptors (Lipinski definition) is 2. The van der Waals surface area contributed by atoms with Gasteiger partial charge in [-0.1, -0.05) is 26.3 Å². The summed E-state index contributed by atoms with van der Waals surface area (Å²) >= 11 is 0. The smallest absolute Gasteiger partial charge is 0.131 e. The molecule has 90 valence electrons. The van der Waals surface area contributed by atoms with E-state index < -0.39 is 0 Å². The van der Waals surface area contributed by atoms with Crippen LogP contribution in [0.1, 0.15) is 31.9 Å². The number of methoxy groups -OCH3 is 1. The van der Waals surface area contributed by atoms with Crippen LogP contribution in [0.3, 0.4) is 0 Å². The van der Waals surface area contributed by atoms with Crippen LogP contribution in [0.4, 0.5) is 4.39 Å². The fourth-order valence-electron chi connectivity index (χ4n) is 1.95. The normalized spacial score (nSPS) is 14.6. The van der Waals surface area contributed by atoms with Crippen LogP contribution < -0.4 is 10.1 Å². The highest BCUT2D eigenvalue weighted by atomic mass is 19.1. The Morgan fingerprint density at radius 1 is 1.44 bits per heavy atom. The molecule has 0 radical (unpaired) electrons. The van der Waals surface area contributed by atoms with Crippen molar-refractivity contribution in [1.82, 2.24) is 5.32 Å². The highest BCUT2D eigenvalue weighted by molar-refractivity contribution is 5.37. The molecule has 16 heavy (non-hydrogen) atoms. The molecule has 0 amide bonds. The molecule has 2 atom stereocenters. The molecule has 0 aromatic heterocycles. The minimum absolute atomic E-state index is 0.0128. The number of halogens is 1. The second kappa shape index (κ2) is 5.85. The van der Waals surface area contributed by atoms with Gasteiger partial charge in [-0.3, -0.25) is 0 Å². The molecule has 1 aromatic rings. The molecule has 0 aliphatic carbocycles. The van der Waals surface area contributed by atoms with Crippen LogP contribution in [0.15, 0.2) is 18.2 Å². The van der Waals surface area contributed by atoms with E-state index in [0.717, 1.165) is 6.42 Å². The average Bonchev–Trinajstić information content (AvgIpc) is 2.31. The van der Waals surface area contributed by atoms with Crippen molar-refractivity contribution in [3.63, 3.8) is 0 Å². The standard InChI is InChI=1S/C13H20FNO/c1-5-9(2)13(15-3)12-10(14)7-6-8-11(12)16-4/h6-9,13,15H,5H2,1-4H3. The molecule has 0 aliphatic heterocycles. The molecule has 0 saturated heterocycles. The van der Waals surface area contributed by atoms with Crippen molar-refractivity contribution in [3.8, 4) is 5.75 Å². The molecular formula is C13H20FNO. The lowest BCUT2D eigenvalue weighted by atomic mass is 9.91. The summed E-state index contributed by atoms with van der Waals surface area (Å²) in [5.74, 6) is 0.759. The first-order valence-corrected chi connectivity index (χ1v) is 5.65. The predicted octanol–water partition coefficient (Wildman–Crippen LogP) is 3.14. The molecule has 1 aromatic carbocycles. The number of nitrogens with one attached hydrogen (secondary N) is 1. The van der Waals surface area contributed by atoms with E-state index in [9.17, 15) is 4.39 Å². The Labute approximate surface area is 96.8 Å². The maximum absolute atomic E-state index is 13.9. The molecule has 0 bridgehead atoms. The zero-order valence-electron chi connectivity index (χ0n) is 10.4. The second-order valence-electron chi connectivity index (χ2n) is 4.01. The molecular weight excluding hydrogens is 205 g/mol. The van der Waals surface area contributed by atoms with Gasteiger partial charge in [-0.15, -0.1) is 0 Å². The lowest BCUT2D eigenvalue weighted by Crippen LogP contribution is -2.24. The van der Waals surface area contributed by atoms with Crippen LogP contribution >= 0.6 is 0 Å². The van der Waals surface area contributed by atoms with Gasteiger partial charge in [0.1, 0.15) is 11.6 Å². The fourth-order valence-corrected chi connectivity index (χ4v) is 1.95. The molecule has 1 N–H and O–H groups in total. The van der Waals surface area contributed by atoms with Crippen molar-refractivity contribution in [2.75, 3.05) is 14.2 Å². The van der Waals surface area contributed by atoms with Gasteiger partial charge in [-0.25, -0.2) is 4.39 Å². The van der Waals surface area contributed by atoms with E-state index >= 15 is 0 Å². The first-order chi connectivity index (χ1) is 7.65. The molecule has 1 rings (SSSR count). The third-order valence-electron chi connectivity index (χ3n) is 3.07. The quantitative estimate of drug-likeness (QED) is 0.831. The minimum Gasteiger partial charge on any atom is -0.496 e. The van der Waals surface area contributed by atoms with E-state index in [4.69, 9.17) is 4.74 Å². The summed E-state index contributed by atoms with van der Waals surface area (Å²) in [6.45, 7) is 4.20. The Kier molecular flexibility index (Phi) is 4.74. The number of rotatable bonds is 5. The van der Waals surface area contributed by atoms with Gasteiger partial charge in [0.05, 0.1) is 7.11 Å². The second-order valence-corrected chi connectivity index (χ2v) is 4.01. The van der Waals surface area contributed by atoms with Crippen molar-refractivity contribution < 1.29 is 9.13 Å². The zero-order chi connectivity index (χ0) is 12.1. The molecule has 0 aliphatic rings. The molecule has 2 unspecified atom stereocenters. The summed E-state index contributed by atoms with van der Waals surface area (Å²) in [6, 6.07) is 4.93. The van der Waals surface area contributed by atoms with Gasteiger partial charge in [0.2, 0.25) is 0 Å². The summed E-state index contributed by atoms with van der Waals surface area (Å²) in [4.78, 5) is 0. The number of hydrogen-bond donors (Lipinski definition) is 1. The summed E-state index contributed by atoms with van der Waals surface area (Å²) in [6.07, 6.45) is 0.989. The first kappa shape index (κ1) is 13.0. The van der Waals surface area contributed by atoms with Crippen LogP contribution in [0, 0.1) is 11.7 Å². The van der Waals surface area contributed by atoms with Gasteiger partial charge >= 0.3 is 0 Å². The molecule has 2 nitrogen and oxygen atoms in total. The Balaban J connectivity index is 3.17. The highest BCUT2D eigenvalue weighted by Crippen LogP contribution is 2.33.